The van der Waals surface area contributed by atoms with Crippen LogP contribution in [0.1, 0.15) is 17.2 Å². The number of anilines is 1. The average Bonchev–Trinajstić information content (AvgIpc) is 2.45. The highest BCUT2D eigenvalue weighted by Gasteiger charge is 2.19. The van der Waals surface area contributed by atoms with Gasteiger partial charge in [0.25, 0.3) is 5.91 Å². The average molecular weight is 334 g/mol. The second-order valence-corrected chi connectivity index (χ2v) is 5.33. The fraction of sp³-hybridized carbons (Fsp3) is 0.188. The minimum atomic E-state index is -0.611. The number of nitrogens with one attached hydrogen (secondary N) is 1. The van der Waals surface area contributed by atoms with Crippen LogP contribution in [0.2, 0.25) is 0 Å². The maximum Gasteiger partial charge on any atom is 0.258 e. The molecule has 0 saturated carbocycles. The maximum atomic E-state index is 12.3. The normalized spacial score (nSPS) is 11.9. The molecule has 3 nitrogen and oxygen atoms in total. The Balaban J connectivity index is 2.15. The molecule has 0 unspecified atom stereocenters. The number of halogens is 1. The van der Waals surface area contributed by atoms with Gasteiger partial charge in [-0.05, 0) is 36.2 Å². The summed E-state index contributed by atoms with van der Waals surface area (Å²) in [5, 5.41) is 2.87. The molecule has 4 heteroatoms. The summed E-state index contributed by atoms with van der Waals surface area (Å²) in [6.07, 6.45) is -0.611. The Morgan fingerprint density at radius 1 is 1.20 bits per heavy atom. The third-order valence-electron chi connectivity index (χ3n) is 3.00. The van der Waals surface area contributed by atoms with Gasteiger partial charge in [-0.15, -0.1) is 0 Å². The second-order valence-electron chi connectivity index (χ2n) is 4.48. The zero-order valence-corrected chi connectivity index (χ0v) is 13.0. The van der Waals surface area contributed by atoms with E-state index in [4.69, 9.17) is 4.74 Å². The molecule has 2 aromatic rings. The van der Waals surface area contributed by atoms with Crippen LogP contribution >= 0.6 is 15.9 Å². The van der Waals surface area contributed by atoms with Gasteiger partial charge < -0.3 is 10.1 Å². The summed E-state index contributed by atoms with van der Waals surface area (Å²) in [4.78, 5) is 12.3. The van der Waals surface area contributed by atoms with E-state index in [0.29, 0.717) is 0 Å². The minimum Gasteiger partial charge on any atom is -0.367 e. The van der Waals surface area contributed by atoms with E-state index in [1.165, 1.54) is 7.11 Å². The van der Waals surface area contributed by atoms with Gasteiger partial charge in [0.15, 0.2) is 6.10 Å². The monoisotopic (exact) mass is 333 g/mol. The summed E-state index contributed by atoms with van der Waals surface area (Å²) in [5.74, 6) is -0.180. The Labute approximate surface area is 127 Å². The van der Waals surface area contributed by atoms with Crippen molar-refractivity contribution in [2.45, 2.75) is 13.0 Å². The number of ether oxygens (including phenoxy) is 1. The van der Waals surface area contributed by atoms with Crippen molar-refractivity contribution in [3.05, 3.63) is 64.1 Å². The number of rotatable bonds is 4. The summed E-state index contributed by atoms with van der Waals surface area (Å²) in [5.41, 5.74) is 2.66. The highest BCUT2D eigenvalue weighted by molar-refractivity contribution is 9.10. The molecule has 1 atom stereocenters. The number of hydrogen-bond donors (Lipinski definition) is 1. The van der Waals surface area contributed by atoms with Gasteiger partial charge in [-0.2, -0.15) is 0 Å². The number of hydrogen-bond acceptors (Lipinski definition) is 2. The van der Waals surface area contributed by atoms with Crippen LogP contribution < -0.4 is 5.32 Å². The smallest absolute Gasteiger partial charge is 0.258 e. The Bertz CT molecular complexity index is 599. The molecule has 0 aliphatic rings. The maximum absolute atomic E-state index is 12.3. The lowest BCUT2D eigenvalue weighted by atomic mass is 10.1. The van der Waals surface area contributed by atoms with E-state index in [1.807, 2.05) is 55.5 Å². The van der Waals surface area contributed by atoms with E-state index in [1.54, 1.807) is 0 Å². The van der Waals surface area contributed by atoms with E-state index in [-0.39, 0.29) is 5.91 Å². The zero-order valence-electron chi connectivity index (χ0n) is 11.4. The molecule has 2 rings (SSSR count). The second kappa shape index (κ2) is 6.68. The van der Waals surface area contributed by atoms with Crippen LogP contribution in [0.25, 0.3) is 0 Å². The molecule has 0 aliphatic heterocycles. The van der Waals surface area contributed by atoms with E-state index >= 15 is 0 Å². The van der Waals surface area contributed by atoms with Gasteiger partial charge in [0.1, 0.15) is 0 Å². The first kappa shape index (κ1) is 14.8. The molecule has 104 valence electrons. The van der Waals surface area contributed by atoms with E-state index in [9.17, 15) is 4.79 Å². The quantitative estimate of drug-likeness (QED) is 0.915. The van der Waals surface area contributed by atoms with Crippen molar-refractivity contribution in [3.63, 3.8) is 0 Å². The summed E-state index contributed by atoms with van der Waals surface area (Å²) in [6, 6.07) is 15.1. The van der Waals surface area contributed by atoms with Crippen molar-refractivity contribution in [3.8, 4) is 0 Å². The van der Waals surface area contributed by atoms with Gasteiger partial charge >= 0.3 is 0 Å². The van der Waals surface area contributed by atoms with Crippen LogP contribution in [0.3, 0.4) is 0 Å². The highest BCUT2D eigenvalue weighted by Crippen LogP contribution is 2.22. The fourth-order valence-electron chi connectivity index (χ4n) is 1.95. The molecule has 1 N–H and O–H groups in total. The summed E-state index contributed by atoms with van der Waals surface area (Å²) >= 11 is 3.44. The minimum absolute atomic E-state index is 0.180. The lowest BCUT2D eigenvalue weighted by Gasteiger charge is -2.16. The van der Waals surface area contributed by atoms with Crippen LogP contribution in [0.15, 0.2) is 53.0 Å². The van der Waals surface area contributed by atoms with Gasteiger partial charge in [-0.3, -0.25) is 4.79 Å². The molecule has 0 saturated heterocycles. The Kier molecular flexibility index (Phi) is 4.93. The third-order valence-corrected chi connectivity index (χ3v) is 3.89. The first-order chi connectivity index (χ1) is 9.61. The highest BCUT2D eigenvalue weighted by atomic mass is 79.9. The number of carbonyl (C=O) groups is 1. The summed E-state index contributed by atoms with van der Waals surface area (Å²) in [6.45, 7) is 1.98. The number of aryl methyl sites for hydroxylation is 1. The van der Waals surface area contributed by atoms with Crippen molar-refractivity contribution in [1.82, 2.24) is 0 Å². The molecule has 0 heterocycles. The molecule has 20 heavy (non-hydrogen) atoms. The van der Waals surface area contributed by atoms with Crippen molar-refractivity contribution in [1.29, 1.82) is 0 Å². The van der Waals surface area contributed by atoms with Crippen molar-refractivity contribution < 1.29 is 9.53 Å². The van der Waals surface area contributed by atoms with Crippen molar-refractivity contribution >= 4 is 27.5 Å². The predicted molar refractivity (Wildman–Crippen MR) is 83.7 cm³/mol. The van der Waals surface area contributed by atoms with Crippen molar-refractivity contribution in [2.75, 3.05) is 12.4 Å². The molecule has 2 aromatic carbocycles. The molecular weight excluding hydrogens is 318 g/mol. The molecule has 0 aromatic heterocycles. The van der Waals surface area contributed by atoms with Crippen molar-refractivity contribution in [2.24, 2.45) is 0 Å². The zero-order chi connectivity index (χ0) is 14.5. The Morgan fingerprint density at radius 3 is 2.50 bits per heavy atom. The first-order valence-corrected chi connectivity index (χ1v) is 7.06. The van der Waals surface area contributed by atoms with Gasteiger partial charge in [0, 0.05) is 17.3 Å². The standard InChI is InChI=1S/C16H16BrNO2/c1-11-10-13(8-9-14(11)17)18-16(19)15(20-2)12-6-4-3-5-7-12/h3-10,15H,1-2H3,(H,18,19)/t15-/m0/s1. The topological polar surface area (TPSA) is 38.3 Å². The molecule has 0 bridgehead atoms. The van der Waals surface area contributed by atoms with Crippen LogP contribution in [0.5, 0.6) is 0 Å². The van der Waals surface area contributed by atoms with Gasteiger partial charge in [0.05, 0.1) is 0 Å². The van der Waals surface area contributed by atoms with Gasteiger partial charge in [0.2, 0.25) is 0 Å². The van der Waals surface area contributed by atoms with Crippen LogP contribution in [-0.4, -0.2) is 13.0 Å². The summed E-state index contributed by atoms with van der Waals surface area (Å²) < 4.78 is 6.32. The molecule has 0 aliphatic carbocycles. The molecule has 0 spiro atoms. The Morgan fingerprint density at radius 2 is 1.90 bits per heavy atom. The molecule has 0 fully saturated rings. The number of methoxy groups -OCH3 is 1. The lowest BCUT2D eigenvalue weighted by molar-refractivity contribution is -0.126. The molecular formula is C16H16BrNO2. The largest absolute Gasteiger partial charge is 0.367 e. The fourth-order valence-corrected chi connectivity index (χ4v) is 2.20. The number of carbonyl (C=O) groups excluding carboxylic acids is 1. The predicted octanol–water partition coefficient (Wildman–Crippen LogP) is 4.08. The third kappa shape index (κ3) is 3.46. The van der Waals surface area contributed by atoms with E-state index in [0.717, 1.165) is 21.3 Å². The van der Waals surface area contributed by atoms with Crippen LogP contribution in [-0.2, 0) is 9.53 Å². The summed E-state index contributed by atoms with van der Waals surface area (Å²) in [7, 11) is 1.53. The van der Waals surface area contributed by atoms with E-state index in [2.05, 4.69) is 21.2 Å². The van der Waals surface area contributed by atoms with Crippen LogP contribution in [0, 0.1) is 6.92 Å². The van der Waals surface area contributed by atoms with E-state index < -0.39 is 6.10 Å². The molecule has 1 amide bonds. The van der Waals surface area contributed by atoms with Crippen LogP contribution in [0.4, 0.5) is 5.69 Å². The van der Waals surface area contributed by atoms with Gasteiger partial charge in [-0.1, -0.05) is 46.3 Å². The van der Waals surface area contributed by atoms with Gasteiger partial charge in [-0.25, -0.2) is 0 Å². The molecule has 0 radical (unpaired) electrons. The first-order valence-electron chi connectivity index (χ1n) is 6.26. The SMILES string of the molecule is CO[C@H](C(=O)Nc1ccc(Br)c(C)c1)c1ccccc1. The number of benzene rings is 2. The number of amides is 1. The Hall–Kier alpha value is -1.65. The lowest BCUT2D eigenvalue weighted by Crippen LogP contribution is -2.22.